The van der Waals surface area contributed by atoms with E-state index in [0.29, 0.717) is 12.7 Å². The second kappa shape index (κ2) is 3.09. The molecule has 66 valence electrons. The molecule has 0 bridgehead atoms. The molecule has 1 heterocycles. The second-order valence-corrected chi connectivity index (χ2v) is 3.74. The summed E-state index contributed by atoms with van der Waals surface area (Å²) >= 11 is 0. The summed E-state index contributed by atoms with van der Waals surface area (Å²) in [5, 5.41) is 0. The molecule has 0 spiro atoms. The van der Waals surface area contributed by atoms with E-state index < -0.39 is 0 Å². The first-order chi connectivity index (χ1) is 5.10. The van der Waals surface area contributed by atoms with E-state index >= 15 is 0 Å². The van der Waals surface area contributed by atoms with Crippen molar-refractivity contribution < 1.29 is 4.74 Å². The molecule has 0 aromatic carbocycles. The average Bonchev–Trinajstić information content (AvgIpc) is 1.85. The van der Waals surface area contributed by atoms with Crippen molar-refractivity contribution >= 4 is 0 Å². The van der Waals surface area contributed by atoms with E-state index in [1.54, 1.807) is 0 Å². The lowest BCUT2D eigenvalue weighted by Gasteiger charge is -2.48. The Balaban J connectivity index is 2.53. The van der Waals surface area contributed by atoms with Gasteiger partial charge in [0.2, 0.25) is 0 Å². The molecule has 3 heteroatoms. The predicted octanol–water partition coefficient (Wildman–Crippen LogP) is 0.402. The topological polar surface area (TPSA) is 38.5 Å². The van der Waals surface area contributed by atoms with Gasteiger partial charge in [0, 0.05) is 12.7 Å². The minimum Gasteiger partial charge on any atom is -0.377 e. The molecule has 0 saturated carbocycles. The Morgan fingerprint density at radius 3 is 2.18 bits per heavy atom. The zero-order chi connectivity index (χ0) is 8.48. The molecule has 1 fully saturated rings. The van der Waals surface area contributed by atoms with Crippen molar-refractivity contribution in [1.82, 2.24) is 4.90 Å². The van der Waals surface area contributed by atoms with E-state index in [4.69, 9.17) is 10.5 Å². The van der Waals surface area contributed by atoms with Crippen LogP contribution in [0.2, 0.25) is 0 Å². The van der Waals surface area contributed by atoms with Crippen LogP contribution in [0, 0.1) is 0 Å². The van der Waals surface area contributed by atoms with Crippen LogP contribution < -0.4 is 5.73 Å². The van der Waals surface area contributed by atoms with E-state index in [1.807, 2.05) is 0 Å². The van der Waals surface area contributed by atoms with Crippen LogP contribution in [0.1, 0.15) is 20.8 Å². The minimum absolute atomic E-state index is 0.197. The molecule has 1 aliphatic rings. The third-order valence-corrected chi connectivity index (χ3v) is 2.34. The maximum Gasteiger partial charge on any atom is 0.0671 e. The first kappa shape index (κ1) is 8.97. The van der Waals surface area contributed by atoms with Crippen LogP contribution in [0.25, 0.3) is 0 Å². The SMILES string of the molecule is CC(C)N(CN)C1(C)COC1. The van der Waals surface area contributed by atoms with Crippen molar-refractivity contribution in [2.24, 2.45) is 5.73 Å². The van der Waals surface area contributed by atoms with E-state index in [9.17, 15) is 0 Å². The highest BCUT2D eigenvalue weighted by atomic mass is 16.5. The summed E-state index contributed by atoms with van der Waals surface area (Å²) in [5.74, 6) is 0. The zero-order valence-electron chi connectivity index (χ0n) is 7.63. The van der Waals surface area contributed by atoms with Crippen molar-refractivity contribution in [2.75, 3.05) is 19.9 Å². The maximum atomic E-state index is 5.64. The Bertz CT molecular complexity index is 132. The lowest BCUT2D eigenvalue weighted by atomic mass is 9.97. The van der Waals surface area contributed by atoms with E-state index in [-0.39, 0.29) is 5.54 Å². The van der Waals surface area contributed by atoms with E-state index in [2.05, 4.69) is 25.7 Å². The van der Waals surface area contributed by atoms with Gasteiger partial charge in [-0.05, 0) is 20.8 Å². The van der Waals surface area contributed by atoms with Crippen LogP contribution >= 0.6 is 0 Å². The first-order valence-corrected chi connectivity index (χ1v) is 4.15. The van der Waals surface area contributed by atoms with Crippen LogP contribution in [-0.4, -0.2) is 36.4 Å². The second-order valence-electron chi connectivity index (χ2n) is 3.74. The summed E-state index contributed by atoms with van der Waals surface area (Å²) in [6, 6.07) is 0.508. The zero-order valence-corrected chi connectivity index (χ0v) is 7.63. The maximum absolute atomic E-state index is 5.64. The van der Waals surface area contributed by atoms with Gasteiger partial charge < -0.3 is 10.5 Å². The van der Waals surface area contributed by atoms with E-state index in [1.165, 1.54) is 0 Å². The number of rotatable bonds is 3. The van der Waals surface area contributed by atoms with Gasteiger partial charge >= 0.3 is 0 Å². The Morgan fingerprint density at radius 1 is 1.55 bits per heavy atom. The summed E-state index contributed by atoms with van der Waals surface area (Å²) in [6.07, 6.45) is 0. The molecular formula is C8H18N2O. The third kappa shape index (κ3) is 1.55. The Kier molecular flexibility index (Phi) is 2.52. The highest BCUT2D eigenvalue weighted by Gasteiger charge is 2.39. The Labute approximate surface area is 68.5 Å². The van der Waals surface area contributed by atoms with Crippen molar-refractivity contribution in [1.29, 1.82) is 0 Å². The van der Waals surface area contributed by atoms with Gasteiger partial charge in [-0.1, -0.05) is 0 Å². The van der Waals surface area contributed by atoms with Gasteiger partial charge in [0.25, 0.3) is 0 Å². The number of ether oxygens (including phenoxy) is 1. The number of nitrogens with two attached hydrogens (primary N) is 1. The fourth-order valence-corrected chi connectivity index (χ4v) is 1.62. The first-order valence-electron chi connectivity index (χ1n) is 4.15. The van der Waals surface area contributed by atoms with E-state index in [0.717, 1.165) is 13.2 Å². The molecule has 0 unspecified atom stereocenters. The predicted molar refractivity (Wildman–Crippen MR) is 45.3 cm³/mol. The Morgan fingerprint density at radius 2 is 2.09 bits per heavy atom. The third-order valence-electron chi connectivity index (χ3n) is 2.34. The molecule has 0 aromatic rings. The molecule has 3 nitrogen and oxygen atoms in total. The van der Waals surface area contributed by atoms with Crippen LogP contribution in [-0.2, 0) is 4.74 Å². The smallest absolute Gasteiger partial charge is 0.0671 e. The van der Waals surface area contributed by atoms with Gasteiger partial charge in [-0.15, -0.1) is 0 Å². The van der Waals surface area contributed by atoms with Crippen LogP contribution in [0.3, 0.4) is 0 Å². The summed E-state index contributed by atoms with van der Waals surface area (Å²) < 4.78 is 5.17. The molecule has 2 N–H and O–H groups in total. The molecule has 0 amide bonds. The minimum atomic E-state index is 0.197. The molecule has 1 aliphatic heterocycles. The lowest BCUT2D eigenvalue weighted by Crippen LogP contribution is -2.63. The average molecular weight is 158 g/mol. The number of hydrogen-bond donors (Lipinski definition) is 1. The van der Waals surface area contributed by atoms with Crippen molar-refractivity contribution in [3.63, 3.8) is 0 Å². The molecule has 1 saturated heterocycles. The summed E-state index contributed by atoms with van der Waals surface area (Å²) in [5.41, 5.74) is 5.84. The molecule has 1 rings (SSSR count). The molecule has 0 aromatic heterocycles. The summed E-state index contributed by atoms with van der Waals surface area (Å²) in [4.78, 5) is 2.27. The van der Waals surface area contributed by atoms with Gasteiger partial charge in [-0.2, -0.15) is 0 Å². The summed E-state index contributed by atoms with van der Waals surface area (Å²) in [6.45, 7) is 8.79. The molecule has 11 heavy (non-hydrogen) atoms. The van der Waals surface area contributed by atoms with Gasteiger partial charge in [-0.25, -0.2) is 0 Å². The molecular weight excluding hydrogens is 140 g/mol. The molecule has 0 atom stereocenters. The largest absolute Gasteiger partial charge is 0.377 e. The highest BCUT2D eigenvalue weighted by molar-refractivity contribution is 4.92. The monoisotopic (exact) mass is 158 g/mol. The van der Waals surface area contributed by atoms with Crippen molar-refractivity contribution in [2.45, 2.75) is 32.4 Å². The fourth-order valence-electron chi connectivity index (χ4n) is 1.62. The Hall–Kier alpha value is -0.120. The normalized spacial score (nSPS) is 22.4. The number of nitrogens with zero attached hydrogens (tertiary/aromatic N) is 1. The summed E-state index contributed by atoms with van der Waals surface area (Å²) in [7, 11) is 0. The molecule has 0 aliphatic carbocycles. The molecule has 0 radical (unpaired) electrons. The van der Waals surface area contributed by atoms with Gasteiger partial charge in [-0.3, -0.25) is 4.90 Å². The van der Waals surface area contributed by atoms with Crippen LogP contribution in [0.15, 0.2) is 0 Å². The van der Waals surface area contributed by atoms with Crippen LogP contribution in [0.4, 0.5) is 0 Å². The van der Waals surface area contributed by atoms with Gasteiger partial charge in [0.05, 0.1) is 18.8 Å². The standard InChI is InChI=1S/C8H18N2O/c1-7(2)10(6-9)8(3)4-11-5-8/h7H,4-6,9H2,1-3H3. The fraction of sp³-hybridized carbons (Fsp3) is 1.00. The van der Waals surface area contributed by atoms with Crippen LogP contribution in [0.5, 0.6) is 0 Å². The van der Waals surface area contributed by atoms with Gasteiger partial charge in [0.1, 0.15) is 0 Å². The van der Waals surface area contributed by atoms with Crippen molar-refractivity contribution in [3.05, 3.63) is 0 Å². The quantitative estimate of drug-likeness (QED) is 0.604. The van der Waals surface area contributed by atoms with Gasteiger partial charge in [0.15, 0.2) is 0 Å². The lowest BCUT2D eigenvalue weighted by molar-refractivity contribution is -0.139. The highest BCUT2D eigenvalue weighted by Crippen LogP contribution is 2.25. The van der Waals surface area contributed by atoms with Crippen molar-refractivity contribution in [3.8, 4) is 0 Å². The number of hydrogen-bond acceptors (Lipinski definition) is 3.